The highest BCUT2D eigenvalue weighted by molar-refractivity contribution is 5.79. The van der Waals surface area contributed by atoms with Crippen LogP contribution in [0.15, 0.2) is 30.3 Å². The number of piperidine rings is 1. The molecule has 92 valence electrons. The summed E-state index contributed by atoms with van der Waals surface area (Å²) in [6.07, 6.45) is 5.17. The number of rotatable bonds is 0. The van der Waals surface area contributed by atoms with Crippen LogP contribution in [0, 0.1) is 0 Å². The minimum absolute atomic E-state index is 0.639. The lowest BCUT2D eigenvalue weighted by Gasteiger charge is -2.40. The van der Waals surface area contributed by atoms with Crippen LogP contribution >= 0.6 is 0 Å². The summed E-state index contributed by atoms with van der Waals surface area (Å²) in [7, 11) is 0. The van der Waals surface area contributed by atoms with E-state index in [4.69, 9.17) is 4.98 Å². The Labute approximate surface area is 108 Å². The van der Waals surface area contributed by atoms with Crippen LogP contribution in [0.3, 0.4) is 0 Å². The molecule has 2 aromatic rings. The van der Waals surface area contributed by atoms with Gasteiger partial charge in [0.15, 0.2) is 0 Å². The Morgan fingerprint density at radius 2 is 2.06 bits per heavy atom. The monoisotopic (exact) mass is 238 g/mol. The summed E-state index contributed by atoms with van der Waals surface area (Å²) in [5.74, 6) is 0. The third kappa shape index (κ3) is 1.56. The number of fused-ring (bicyclic) bond motifs is 4. The number of hydrogen-bond acceptors (Lipinski definition) is 2. The predicted octanol–water partition coefficient (Wildman–Crippen LogP) is 3.32. The van der Waals surface area contributed by atoms with Crippen LogP contribution in [0.1, 0.15) is 36.6 Å². The van der Waals surface area contributed by atoms with Crippen molar-refractivity contribution < 1.29 is 0 Å². The van der Waals surface area contributed by atoms with Crippen molar-refractivity contribution in [3.05, 3.63) is 41.6 Å². The lowest BCUT2D eigenvalue weighted by Crippen LogP contribution is -2.39. The third-order valence-electron chi connectivity index (χ3n) is 4.44. The van der Waals surface area contributed by atoms with Crippen molar-refractivity contribution in [3.8, 4) is 0 Å². The van der Waals surface area contributed by atoms with E-state index in [1.165, 1.54) is 49.0 Å². The topological polar surface area (TPSA) is 16.1 Å². The molecule has 1 aromatic heterocycles. The summed E-state index contributed by atoms with van der Waals surface area (Å²) in [5.41, 5.74) is 4.00. The molecular formula is C16H18N2. The van der Waals surface area contributed by atoms with Crippen LogP contribution in [-0.2, 0) is 6.42 Å². The zero-order chi connectivity index (χ0) is 11.9. The van der Waals surface area contributed by atoms with Crippen molar-refractivity contribution in [2.75, 3.05) is 13.1 Å². The van der Waals surface area contributed by atoms with E-state index in [9.17, 15) is 0 Å². The van der Waals surface area contributed by atoms with Gasteiger partial charge in [0.1, 0.15) is 0 Å². The molecule has 0 spiro atoms. The molecule has 18 heavy (non-hydrogen) atoms. The molecule has 0 aliphatic carbocycles. The molecule has 2 aliphatic heterocycles. The smallest absolute Gasteiger partial charge is 0.0705 e. The first-order chi connectivity index (χ1) is 8.92. The molecule has 0 radical (unpaired) electrons. The highest BCUT2D eigenvalue weighted by Gasteiger charge is 2.30. The summed E-state index contributed by atoms with van der Waals surface area (Å²) in [6.45, 7) is 2.47. The molecule has 1 fully saturated rings. The first-order valence-electron chi connectivity index (χ1n) is 7.04. The van der Waals surface area contributed by atoms with Gasteiger partial charge in [-0.25, -0.2) is 0 Å². The molecule has 3 heterocycles. The molecule has 4 rings (SSSR count). The van der Waals surface area contributed by atoms with E-state index in [1.807, 2.05) is 0 Å². The summed E-state index contributed by atoms with van der Waals surface area (Å²) < 4.78 is 0. The summed E-state index contributed by atoms with van der Waals surface area (Å²) in [6, 6.07) is 11.5. The van der Waals surface area contributed by atoms with Gasteiger partial charge >= 0.3 is 0 Å². The molecule has 1 unspecified atom stereocenters. The Kier molecular flexibility index (Phi) is 2.37. The fraction of sp³-hybridized carbons (Fsp3) is 0.438. The maximum atomic E-state index is 4.88. The molecule has 2 nitrogen and oxygen atoms in total. The van der Waals surface area contributed by atoms with E-state index < -0.39 is 0 Å². The van der Waals surface area contributed by atoms with Crippen molar-refractivity contribution in [2.24, 2.45) is 0 Å². The van der Waals surface area contributed by atoms with Crippen molar-refractivity contribution in [2.45, 2.75) is 31.7 Å². The van der Waals surface area contributed by atoms with Gasteiger partial charge in [-0.1, -0.05) is 24.6 Å². The average Bonchev–Trinajstić information content (AvgIpc) is 2.45. The minimum atomic E-state index is 0.639. The lowest BCUT2D eigenvalue weighted by molar-refractivity contribution is 0.137. The molecule has 2 heteroatoms. The van der Waals surface area contributed by atoms with Crippen molar-refractivity contribution in [1.29, 1.82) is 0 Å². The normalized spacial score (nSPS) is 23.7. The summed E-state index contributed by atoms with van der Waals surface area (Å²) >= 11 is 0. The number of pyridine rings is 1. The summed E-state index contributed by atoms with van der Waals surface area (Å²) in [5, 5.41) is 1.30. The van der Waals surface area contributed by atoms with Gasteiger partial charge in [0.2, 0.25) is 0 Å². The largest absolute Gasteiger partial charge is 0.296 e. The molecule has 0 saturated carbocycles. The maximum Gasteiger partial charge on any atom is 0.0705 e. The van der Waals surface area contributed by atoms with E-state index in [-0.39, 0.29) is 0 Å². The average molecular weight is 238 g/mol. The number of nitrogens with zero attached hydrogens (tertiary/aromatic N) is 2. The van der Waals surface area contributed by atoms with Gasteiger partial charge < -0.3 is 0 Å². The van der Waals surface area contributed by atoms with Crippen LogP contribution in [0.2, 0.25) is 0 Å². The number of hydrogen-bond donors (Lipinski definition) is 0. The van der Waals surface area contributed by atoms with Gasteiger partial charge in [0.05, 0.1) is 5.52 Å². The van der Waals surface area contributed by atoms with Gasteiger partial charge in [-0.05, 0) is 37.1 Å². The van der Waals surface area contributed by atoms with E-state index >= 15 is 0 Å². The third-order valence-corrected chi connectivity index (χ3v) is 4.44. The number of aromatic nitrogens is 1. The van der Waals surface area contributed by atoms with Gasteiger partial charge in [-0.2, -0.15) is 0 Å². The second-order valence-corrected chi connectivity index (χ2v) is 5.51. The fourth-order valence-corrected chi connectivity index (χ4v) is 3.52. The Balaban J connectivity index is 1.87. The standard InChI is InChI=1S/C16H18N2/c1-2-6-14-12(5-1)11-13-15(17-14)8-10-18-9-4-3-7-16(13)18/h1-2,5-6,11,16H,3-4,7-10H2. The fourth-order valence-electron chi connectivity index (χ4n) is 3.52. The highest BCUT2D eigenvalue weighted by atomic mass is 15.2. The van der Waals surface area contributed by atoms with Crippen LogP contribution in [0.5, 0.6) is 0 Å². The van der Waals surface area contributed by atoms with E-state index in [2.05, 4.69) is 35.2 Å². The first-order valence-corrected chi connectivity index (χ1v) is 7.04. The Bertz CT molecular complexity index is 591. The first kappa shape index (κ1) is 10.5. The quantitative estimate of drug-likeness (QED) is 0.700. The van der Waals surface area contributed by atoms with Gasteiger partial charge in [0.25, 0.3) is 0 Å². The van der Waals surface area contributed by atoms with Crippen molar-refractivity contribution in [1.82, 2.24) is 9.88 Å². The van der Waals surface area contributed by atoms with E-state index in [0.29, 0.717) is 6.04 Å². The molecule has 1 atom stereocenters. The van der Waals surface area contributed by atoms with Crippen LogP contribution in [0.4, 0.5) is 0 Å². The number of benzene rings is 1. The molecule has 0 N–H and O–H groups in total. The lowest BCUT2D eigenvalue weighted by atomic mass is 9.89. The molecule has 0 bridgehead atoms. The van der Waals surface area contributed by atoms with Gasteiger partial charge in [-0.3, -0.25) is 9.88 Å². The summed E-state index contributed by atoms with van der Waals surface area (Å²) in [4.78, 5) is 7.54. The Morgan fingerprint density at radius 1 is 1.11 bits per heavy atom. The second kappa shape index (κ2) is 4.06. The molecule has 1 saturated heterocycles. The SMILES string of the molecule is c1ccc2nc3c(cc2c1)C1CCCCN1CC3. The molecule has 0 amide bonds. The minimum Gasteiger partial charge on any atom is -0.296 e. The van der Waals surface area contributed by atoms with Crippen LogP contribution in [-0.4, -0.2) is 23.0 Å². The van der Waals surface area contributed by atoms with E-state index in [0.717, 1.165) is 11.9 Å². The van der Waals surface area contributed by atoms with E-state index in [1.54, 1.807) is 0 Å². The Hall–Kier alpha value is -1.41. The number of para-hydroxylation sites is 1. The van der Waals surface area contributed by atoms with Crippen LogP contribution < -0.4 is 0 Å². The predicted molar refractivity (Wildman–Crippen MR) is 73.6 cm³/mol. The van der Waals surface area contributed by atoms with Gasteiger partial charge in [-0.15, -0.1) is 0 Å². The van der Waals surface area contributed by atoms with Crippen molar-refractivity contribution in [3.63, 3.8) is 0 Å². The molecule has 1 aromatic carbocycles. The van der Waals surface area contributed by atoms with Gasteiger partial charge in [0, 0.05) is 30.1 Å². The zero-order valence-corrected chi connectivity index (χ0v) is 10.6. The zero-order valence-electron chi connectivity index (χ0n) is 10.6. The second-order valence-electron chi connectivity index (χ2n) is 5.51. The maximum absolute atomic E-state index is 4.88. The molecule has 2 aliphatic rings. The highest BCUT2D eigenvalue weighted by Crippen LogP contribution is 2.37. The van der Waals surface area contributed by atoms with Crippen molar-refractivity contribution >= 4 is 10.9 Å². The molecular weight excluding hydrogens is 220 g/mol. The Morgan fingerprint density at radius 3 is 3.06 bits per heavy atom. The van der Waals surface area contributed by atoms with Crippen LogP contribution in [0.25, 0.3) is 10.9 Å².